The number of nitrogens with zero attached hydrogens (tertiary/aromatic N) is 1. The molecule has 1 atom stereocenters. The Morgan fingerprint density at radius 1 is 0.909 bits per heavy atom. The average molecular weight is 443 g/mol. The maximum atomic E-state index is 13.3. The van der Waals surface area contributed by atoms with E-state index in [1.54, 1.807) is 49.6 Å². The number of hydrogen-bond donors (Lipinski definition) is 1. The predicted octanol–water partition coefficient (Wildman–Crippen LogP) is 4.95. The Balaban J connectivity index is 1.98. The molecule has 3 aromatic rings. The van der Waals surface area contributed by atoms with E-state index in [-0.39, 0.29) is 11.3 Å². The number of methoxy groups -OCH3 is 2. The highest BCUT2D eigenvalue weighted by atomic mass is 16.5. The molecule has 6 nitrogen and oxygen atoms in total. The molecule has 1 fully saturated rings. The maximum absolute atomic E-state index is 13.3. The molecular weight excluding hydrogens is 418 g/mol. The van der Waals surface area contributed by atoms with Gasteiger partial charge in [-0.15, -0.1) is 0 Å². The molecule has 1 aliphatic rings. The van der Waals surface area contributed by atoms with Gasteiger partial charge in [-0.1, -0.05) is 35.9 Å². The zero-order valence-electron chi connectivity index (χ0n) is 19.0. The van der Waals surface area contributed by atoms with Crippen molar-refractivity contribution >= 4 is 23.1 Å². The van der Waals surface area contributed by atoms with E-state index < -0.39 is 17.7 Å². The molecular formula is C27H25NO5. The number of hydrogen-bond acceptors (Lipinski definition) is 5. The molecule has 3 aromatic carbocycles. The van der Waals surface area contributed by atoms with Crippen LogP contribution in [0.15, 0.2) is 72.3 Å². The number of aryl methyl sites for hydroxylation is 2. The van der Waals surface area contributed by atoms with Gasteiger partial charge in [-0.05, 0) is 55.8 Å². The lowest BCUT2D eigenvalue weighted by atomic mass is 9.93. The number of aliphatic hydroxyl groups is 1. The number of ether oxygens (including phenoxy) is 2. The van der Waals surface area contributed by atoms with Gasteiger partial charge in [0.15, 0.2) is 0 Å². The Morgan fingerprint density at radius 2 is 1.61 bits per heavy atom. The summed E-state index contributed by atoms with van der Waals surface area (Å²) in [6, 6.07) is 18.8. The topological polar surface area (TPSA) is 76.1 Å². The average Bonchev–Trinajstić information content (AvgIpc) is 3.09. The summed E-state index contributed by atoms with van der Waals surface area (Å²) in [6.07, 6.45) is 0. The van der Waals surface area contributed by atoms with E-state index >= 15 is 0 Å². The molecule has 0 spiro atoms. The maximum Gasteiger partial charge on any atom is 0.300 e. The summed E-state index contributed by atoms with van der Waals surface area (Å²) < 4.78 is 10.8. The second-order valence-corrected chi connectivity index (χ2v) is 7.93. The molecule has 0 radical (unpaired) electrons. The minimum Gasteiger partial charge on any atom is -0.507 e. The highest BCUT2D eigenvalue weighted by Gasteiger charge is 2.48. The summed E-state index contributed by atoms with van der Waals surface area (Å²) in [5, 5.41) is 11.4. The Morgan fingerprint density at radius 3 is 2.24 bits per heavy atom. The molecule has 0 saturated carbocycles. The first-order valence-corrected chi connectivity index (χ1v) is 10.5. The minimum absolute atomic E-state index is 0.0124. The van der Waals surface area contributed by atoms with Crippen LogP contribution in [0, 0.1) is 13.8 Å². The van der Waals surface area contributed by atoms with Crippen molar-refractivity contribution in [1.82, 2.24) is 0 Å². The highest BCUT2D eigenvalue weighted by molar-refractivity contribution is 6.51. The summed E-state index contributed by atoms with van der Waals surface area (Å²) in [5.41, 5.74) is 3.37. The molecule has 4 rings (SSSR count). The third-order valence-electron chi connectivity index (χ3n) is 5.88. The molecule has 168 valence electrons. The van der Waals surface area contributed by atoms with Gasteiger partial charge < -0.3 is 14.6 Å². The third kappa shape index (κ3) is 3.84. The summed E-state index contributed by atoms with van der Waals surface area (Å²) in [5.74, 6) is -0.551. The minimum atomic E-state index is -0.856. The highest BCUT2D eigenvalue weighted by Crippen LogP contribution is 2.45. The van der Waals surface area contributed by atoms with Crippen molar-refractivity contribution in [3.63, 3.8) is 0 Å². The SMILES string of the molecule is COc1ccc(/C(O)=C2\C(=O)C(=O)N(c3ccc(C)cc3)C2c2ccccc2OC)c(C)c1. The van der Waals surface area contributed by atoms with E-state index in [1.165, 1.54) is 12.0 Å². The zero-order valence-corrected chi connectivity index (χ0v) is 19.0. The van der Waals surface area contributed by atoms with Crippen LogP contribution in [-0.4, -0.2) is 31.0 Å². The summed E-state index contributed by atoms with van der Waals surface area (Å²) >= 11 is 0. The number of benzene rings is 3. The van der Waals surface area contributed by atoms with Crippen LogP contribution in [0.2, 0.25) is 0 Å². The Labute approximate surface area is 192 Å². The van der Waals surface area contributed by atoms with E-state index in [4.69, 9.17) is 9.47 Å². The number of anilines is 1. The lowest BCUT2D eigenvalue weighted by molar-refractivity contribution is -0.132. The second-order valence-electron chi connectivity index (χ2n) is 7.93. The Hall–Kier alpha value is -4.06. The number of aliphatic hydroxyl groups excluding tert-OH is 1. The van der Waals surface area contributed by atoms with Crippen LogP contribution in [0.5, 0.6) is 11.5 Å². The third-order valence-corrected chi connectivity index (χ3v) is 5.88. The summed E-state index contributed by atoms with van der Waals surface area (Å²) in [7, 11) is 3.09. The first kappa shape index (κ1) is 22.1. The van der Waals surface area contributed by atoms with Crippen molar-refractivity contribution in [2.24, 2.45) is 0 Å². The molecule has 1 unspecified atom stereocenters. The number of Topliss-reactive ketones (excluding diaryl/α,β-unsaturated/α-hetero) is 1. The van der Waals surface area contributed by atoms with Gasteiger partial charge in [-0.2, -0.15) is 0 Å². The van der Waals surface area contributed by atoms with Crippen LogP contribution in [0.4, 0.5) is 5.69 Å². The predicted molar refractivity (Wildman–Crippen MR) is 127 cm³/mol. The van der Waals surface area contributed by atoms with Crippen LogP contribution in [0.25, 0.3) is 5.76 Å². The molecule has 33 heavy (non-hydrogen) atoms. The summed E-state index contributed by atoms with van der Waals surface area (Å²) in [4.78, 5) is 28.0. The van der Waals surface area contributed by atoms with Gasteiger partial charge in [0.1, 0.15) is 17.3 Å². The van der Waals surface area contributed by atoms with Crippen molar-refractivity contribution < 1.29 is 24.2 Å². The van der Waals surface area contributed by atoms with Gasteiger partial charge in [0.2, 0.25) is 0 Å². The van der Waals surface area contributed by atoms with Crippen molar-refractivity contribution in [1.29, 1.82) is 0 Å². The van der Waals surface area contributed by atoms with E-state index in [9.17, 15) is 14.7 Å². The quantitative estimate of drug-likeness (QED) is 0.343. The number of carbonyl (C=O) groups excluding carboxylic acids is 2. The van der Waals surface area contributed by atoms with E-state index in [2.05, 4.69) is 0 Å². The van der Waals surface area contributed by atoms with Gasteiger partial charge >= 0.3 is 0 Å². The fourth-order valence-corrected chi connectivity index (χ4v) is 4.16. The number of rotatable bonds is 5. The molecule has 1 N–H and O–H groups in total. The molecule has 1 saturated heterocycles. The lowest BCUT2D eigenvalue weighted by Gasteiger charge is -2.27. The monoisotopic (exact) mass is 443 g/mol. The molecule has 0 bridgehead atoms. The van der Waals surface area contributed by atoms with Gasteiger partial charge in [-0.25, -0.2) is 0 Å². The smallest absolute Gasteiger partial charge is 0.300 e. The van der Waals surface area contributed by atoms with E-state index in [0.717, 1.165) is 5.56 Å². The van der Waals surface area contributed by atoms with Crippen LogP contribution < -0.4 is 14.4 Å². The number of para-hydroxylation sites is 1. The van der Waals surface area contributed by atoms with Crippen molar-refractivity contribution in [3.05, 3.63) is 94.6 Å². The van der Waals surface area contributed by atoms with Crippen LogP contribution >= 0.6 is 0 Å². The number of ketones is 1. The molecule has 0 aromatic heterocycles. The van der Waals surface area contributed by atoms with E-state index in [1.807, 2.05) is 38.1 Å². The van der Waals surface area contributed by atoms with Crippen molar-refractivity contribution in [2.75, 3.05) is 19.1 Å². The van der Waals surface area contributed by atoms with Crippen LogP contribution in [0.3, 0.4) is 0 Å². The fourth-order valence-electron chi connectivity index (χ4n) is 4.16. The molecule has 1 amide bonds. The number of carbonyl (C=O) groups is 2. The first-order valence-electron chi connectivity index (χ1n) is 10.5. The van der Waals surface area contributed by atoms with Crippen molar-refractivity contribution in [3.8, 4) is 11.5 Å². The second kappa shape index (κ2) is 8.82. The zero-order chi connectivity index (χ0) is 23.7. The lowest BCUT2D eigenvalue weighted by Crippen LogP contribution is -2.29. The van der Waals surface area contributed by atoms with Crippen LogP contribution in [-0.2, 0) is 9.59 Å². The normalized spacial score (nSPS) is 17.3. The molecule has 1 heterocycles. The van der Waals surface area contributed by atoms with Gasteiger partial charge in [-0.3, -0.25) is 14.5 Å². The molecule has 1 aliphatic heterocycles. The Kier molecular flexibility index (Phi) is 5.92. The van der Waals surface area contributed by atoms with Crippen LogP contribution in [0.1, 0.15) is 28.3 Å². The Bertz CT molecular complexity index is 1260. The molecule has 6 heteroatoms. The molecule has 0 aliphatic carbocycles. The van der Waals surface area contributed by atoms with Gasteiger partial charge in [0, 0.05) is 16.8 Å². The van der Waals surface area contributed by atoms with Gasteiger partial charge in [0.05, 0.1) is 25.8 Å². The summed E-state index contributed by atoms with van der Waals surface area (Å²) in [6.45, 7) is 3.76. The standard InChI is InChI=1S/C27H25NO5/c1-16-9-11-18(12-10-16)28-24(21-7-5-6-8-22(21)33-4)23(26(30)27(28)31)25(29)20-14-13-19(32-3)15-17(20)2/h5-15,24,29H,1-4H3/b25-23+. The fraction of sp³-hybridized carbons (Fsp3) is 0.185. The largest absolute Gasteiger partial charge is 0.507 e. The first-order chi connectivity index (χ1) is 15.9. The van der Waals surface area contributed by atoms with Gasteiger partial charge in [0.25, 0.3) is 11.7 Å². The number of amides is 1. The van der Waals surface area contributed by atoms with E-state index in [0.29, 0.717) is 33.9 Å². The van der Waals surface area contributed by atoms with Crippen molar-refractivity contribution in [2.45, 2.75) is 19.9 Å².